The number of nitrogens with zero attached hydrogens (tertiary/aromatic N) is 3. The average Bonchev–Trinajstić information content (AvgIpc) is 3.02. The van der Waals surface area contributed by atoms with Gasteiger partial charge in [0.25, 0.3) is 0 Å². The molecule has 2 heterocycles. The van der Waals surface area contributed by atoms with Crippen LogP contribution in [0.2, 0.25) is 10.0 Å². The molecule has 0 fully saturated rings. The van der Waals surface area contributed by atoms with Gasteiger partial charge in [0.1, 0.15) is 5.69 Å². The van der Waals surface area contributed by atoms with Gasteiger partial charge in [0.15, 0.2) is 0 Å². The summed E-state index contributed by atoms with van der Waals surface area (Å²) in [6.45, 7) is 0. The van der Waals surface area contributed by atoms with Crippen molar-refractivity contribution < 1.29 is 23.1 Å². The summed E-state index contributed by atoms with van der Waals surface area (Å²) < 4.78 is 39.5. The van der Waals surface area contributed by atoms with Gasteiger partial charge >= 0.3 is 12.1 Å². The minimum absolute atomic E-state index is 0.0432. The highest BCUT2D eigenvalue weighted by Gasteiger charge is 2.36. The molecule has 0 atom stereocenters. The lowest BCUT2D eigenvalue weighted by Crippen LogP contribution is -2.05. The zero-order chi connectivity index (χ0) is 18.4. The van der Waals surface area contributed by atoms with Gasteiger partial charge < -0.3 is 5.11 Å². The number of carboxylic acid groups (broad SMARTS) is 1. The molecule has 1 aromatic carbocycles. The fraction of sp³-hybridized carbons (Fsp3) is 0.0714. The van der Waals surface area contributed by atoms with Crippen molar-refractivity contribution in [2.45, 2.75) is 6.18 Å². The number of benzene rings is 1. The Morgan fingerprint density at radius 1 is 1.32 bits per heavy atom. The molecule has 5 nitrogen and oxygen atoms in total. The Hall–Kier alpha value is -2.10. The van der Waals surface area contributed by atoms with Gasteiger partial charge in [0.2, 0.25) is 9.97 Å². The minimum atomic E-state index is -4.63. The third-order valence-electron chi connectivity index (χ3n) is 3.05. The van der Waals surface area contributed by atoms with Crippen LogP contribution < -0.4 is 0 Å². The van der Waals surface area contributed by atoms with Crippen molar-refractivity contribution in [3.63, 3.8) is 0 Å². The average molecular weight is 408 g/mol. The highest BCUT2D eigenvalue weighted by molar-refractivity contribution is 7.16. The Balaban J connectivity index is 2.25. The molecule has 0 aliphatic heterocycles. The van der Waals surface area contributed by atoms with Gasteiger partial charge in [-0.15, -0.1) is 5.10 Å². The zero-order valence-electron chi connectivity index (χ0n) is 11.9. The predicted octanol–water partition coefficient (Wildman–Crippen LogP) is 4.88. The Morgan fingerprint density at radius 3 is 2.64 bits per heavy atom. The summed E-state index contributed by atoms with van der Waals surface area (Å²) in [7, 11) is 0. The summed E-state index contributed by atoms with van der Waals surface area (Å²) >= 11 is 12.3. The van der Waals surface area contributed by atoms with Crippen LogP contribution in [0.5, 0.6) is 0 Å². The standard InChI is InChI=1S/C14H6Cl2F3N3O2S/c15-6-1-2-7(8(16)5-6)11-9(3-4-10(23)24)22-13(20-11)25-12(21-22)14(17,18)19/h1-5H,(H,23,24). The van der Waals surface area contributed by atoms with Gasteiger partial charge in [-0.2, -0.15) is 13.2 Å². The van der Waals surface area contributed by atoms with Crippen molar-refractivity contribution >= 4 is 51.5 Å². The molecule has 0 aliphatic rings. The van der Waals surface area contributed by atoms with Crippen LogP contribution in [-0.4, -0.2) is 25.7 Å². The number of alkyl halides is 3. The van der Waals surface area contributed by atoms with Crippen LogP contribution in [0.3, 0.4) is 0 Å². The Kier molecular flexibility index (Phi) is 4.48. The van der Waals surface area contributed by atoms with E-state index in [9.17, 15) is 18.0 Å². The minimum Gasteiger partial charge on any atom is -0.478 e. The topological polar surface area (TPSA) is 67.5 Å². The van der Waals surface area contributed by atoms with Crippen LogP contribution in [0.15, 0.2) is 24.3 Å². The second kappa shape index (κ2) is 6.32. The molecule has 11 heteroatoms. The number of fused-ring (bicyclic) bond motifs is 1. The summed E-state index contributed by atoms with van der Waals surface area (Å²) in [5, 5.41) is 11.8. The van der Waals surface area contributed by atoms with Crippen molar-refractivity contribution in [3.05, 3.63) is 45.0 Å². The van der Waals surface area contributed by atoms with Gasteiger partial charge in [-0.1, -0.05) is 34.5 Å². The van der Waals surface area contributed by atoms with E-state index in [1.807, 2.05) is 0 Å². The maximum Gasteiger partial charge on any atom is 0.445 e. The molecule has 0 bridgehead atoms. The van der Waals surface area contributed by atoms with E-state index >= 15 is 0 Å². The third-order valence-corrected chi connectivity index (χ3v) is 4.55. The summed E-state index contributed by atoms with van der Waals surface area (Å²) in [4.78, 5) is 14.9. The van der Waals surface area contributed by atoms with E-state index < -0.39 is 17.2 Å². The molecule has 3 rings (SSSR count). The van der Waals surface area contributed by atoms with Crippen molar-refractivity contribution in [1.82, 2.24) is 14.6 Å². The number of rotatable bonds is 3. The SMILES string of the molecule is O=C(O)C=Cc1c(-c2ccc(Cl)cc2Cl)nc2sc(C(F)(F)F)nn12. The quantitative estimate of drug-likeness (QED) is 0.628. The van der Waals surface area contributed by atoms with Gasteiger partial charge in [-0.25, -0.2) is 14.3 Å². The molecule has 1 N–H and O–H groups in total. The number of carbonyl (C=O) groups is 1. The molecule has 0 amide bonds. The summed E-state index contributed by atoms with van der Waals surface area (Å²) in [6.07, 6.45) is -2.73. The first kappa shape index (κ1) is 17.7. The van der Waals surface area contributed by atoms with E-state index in [4.69, 9.17) is 28.3 Å². The monoisotopic (exact) mass is 407 g/mol. The van der Waals surface area contributed by atoms with Crippen LogP contribution in [0.25, 0.3) is 22.3 Å². The molecule has 0 spiro atoms. The lowest BCUT2D eigenvalue weighted by Gasteiger charge is -2.04. The summed E-state index contributed by atoms with van der Waals surface area (Å²) in [5.41, 5.74) is 0.655. The number of halogens is 5. The molecule has 0 aliphatic carbocycles. The van der Waals surface area contributed by atoms with Crippen LogP contribution in [0, 0.1) is 0 Å². The molecule has 3 aromatic rings. The zero-order valence-corrected chi connectivity index (χ0v) is 14.2. The van der Waals surface area contributed by atoms with Crippen LogP contribution in [0.4, 0.5) is 13.2 Å². The molecule has 0 saturated heterocycles. The molecular weight excluding hydrogens is 402 g/mol. The van der Waals surface area contributed by atoms with Gasteiger partial charge in [0, 0.05) is 16.7 Å². The van der Waals surface area contributed by atoms with Crippen molar-refractivity contribution in [2.75, 3.05) is 0 Å². The lowest BCUT2D eigenvalue weighted by molar-refractivity contribution is -0.138. The number of imidazole rings is 1. The fourth-order valence-corrected chi connectivity index (χ4v) is 3.33. The second-order valence-corrected chi connectivity index (χ2v) is 6.54. The molecule has 0 saturated carbocycles. The molecule has 0 radical (unpaired) electrons. The van der Waals surface area contributed by atoms with E-state index in [0.717, 1.165) is 16.7 Å². The third kappa shape index (κ3) is 3.48. The van der Waals surface area contributed by atoms with Gasteiger partial charge in [0.05, 0.1) is 10.7 Å². The number of aliphatic carboxylic acids is 1. The Morgan fingerprint density at radius 2 is 2.04 bits per heavy atom. The highest BCUT2D eigenvalue weighted by atomic mass is 35.5. The number of carboxylic acids is 1. The van der Waals surface area contributed by atoms with E-state index in [1.165, 1.54) is 12.1 Å². The fourth-order valence-electron chi connectivity index (χ4n) is 2.06. The number of hydrogen-bond acceptors (Lipinski definition) is 4. The number of aromatic nitrogens is 3. The molecule has 0 unspecified atom stereocenters. The van der Waals surface area contributed by atoms with Crippen molar-refractivity contribution in [2.24, 2.45) is 0 Å². The summed E-state index contributed by atoms with van der Waals surface area (Å²) in [6, 6.07) is 4.53. The van der Waals surface area contributed by atoms with Crippen LogP contribution >= 0.6 is 34.5 Å². The first-order chi connectivity index (χ1) is 11.7. The highest BCUT2D eigenvalue weighted by Crippen LogP contribution is 2.37. The molecular formula is C14H6Cl2F3N3O2S. The lowest BCUT2D eigenvalue weighted by atomic mass is 10.1. The normalized spacial score (nSPS) is 12.4. The van der Waals surface area contributed by atoms with Crippen LogP contribution in [-0.2, 0) is 11.0 Å². The maximum atomic E-state index is 12.8. The molecule has 130 valence electrons. The van der Waals surface area contributed by atoms with Crippen molar-refractivity contribution in [1.29, 1.82) is 0 Å². The Labute approximate surface area is 151 Å². The van der Waals surface area contributed by atoms with Crippen molar-refractivity contribution in [3.8, 4) is 11.3 Å². The van der Waals surface area contributed by atoms with E-state index in [-0.39, 0.29) is 21.4 Å². The molecule has 25 heavy (non-hydrogen) atoms. The molecule has 2 aromatic heterocycles. The second-order valence-electron chi connectivity index (χ2n) is 4.74. The van der Waals surface area contributed by atoms with E-state index in [0.29, 0.717) is 21.9 Å². The summed E-state index contributed by atoms with van der Waals surface area (Å²) in [5.74, 6) is -1.27. The smallest absolute Gasteiger partial charge is 0.445 e. The first-order valence-corrected chi connectivity index (χ1v) is 8.07. The Bertz CT molecular complexity index is 1010. The van der Waals surface area contributed by atoms with E-state index in [1.54, 1.807) is 6.07 Å². The number of hydrogen-bond donors (Lipinski definition) is 1. The van der Waals surface area contributed by atoms with E-state index in [2.05, 4.69) is 10.1 Å². The maximum absolute atomic E-state index is 12.8. The predicted molar refractivity (Wildman–Crippen MR) is 88.0 cm³/mol. The van der Waals surface area contributed by atoms with Gasteiger partial charge in [-0.05, 0) is 24.3 Å². The van der Waals surface area contributed by atoms with Crippen LogP contribution in [0.1, 0.15) is 10.7 Å². The largest absolute Gasteiger partial charge is 0.478 e. The first-order valence-electron chi connectivity index (χ1n) is 6.50. The van der Waals surface area contributed by atoms with Gasteiger partial charge in [-0.3, -0.25) is 0 Å².